The van der Waals surface area contributed by atoms with Crippen LogP contribution in [-0.4, -0.2) is 11.6 Å². The van der Waals surface area contributed by atoms with Gasteiger partial charge in [-0.15, -0.1) is 0 Å². The van der Waals surface area contributed by atoms with Gasteiger partial charge in [0.1, 0.15) is 5.03 Å². The summed E-state index contributed by atoms with van der Waals surface area (Å²) < 4.78 is 0. The Kier molecular flexibility index (Phi) is 1.18. The molecule has 3 heteroatoms. The average Bonchev–Trinajstić information content (AvgIpc) is 1.85. The summed E-state index contributed by atoms with van der Waals surface area (Å²) in [6.45, 7) is 1.73. The zero-order valence-electron chi connectivity index (χ0n) is 4.31. The summed E-state index contributed by atoms with van der Waals surface area (Å²) in [6, 6.07) is 0. The normalized spacial score (nSPS) is 18.5. The zero-order chi connectivity index (χ0) is 6.15. The molecule has 0 atom stereocenters. The summed E-state index contributed by atoms with van der Waals surface area (Å²) in [5.41, 5.74) is 0.681. The molecule has 0 saturated carbocycles. The molecule has 1 amide bonds. The van der Waals surface area contributed by atoms with Crippen LogP contribution in [0.4, 0.5) is 0 Å². The number of allylic oxidation sites excluding steroid dienone is 1. The predicted octanol–water partition coefficient (Wildman–Crippen LogP) is 1.11. The molecule has 0 spiro atoms. The molecule has 0 unspecified atom stereocenters. The molecule has 1 aliphatic heterocycles. The van der Waals surface area contributed by atoms with Crippen LogP contribution in [0, 0.1) is 0 Å². The summed E-state index contributed by atoms with van der Waals surface area (Å²) >= 11 is 5.35. The van der Waals surface area contributed by atoms with Crippen molar-refractivity contribution in [2.24, 2.45) is 4.99 Å². The van der Waals surface area contributed by atoms with Crippen LogP contribution in [0.25, 0.3) is 0 Å². The number of amides is 1. The fraction of sp³-hybridized carbons (Fsp3) is 0.200. The van der Waals surface area contributed by atoms with Crippen LogP contribution in [0.1, 0.15) is 6.92 Å². The van der Waals surface area contributed by atoms with Crippen LogP contribution in [0.2, 0.25) is 0 Å². The summed E-state index contributed by atoms with van der Waals surface area (Å²) in [7, 11) is 0. The maximum absolute atomic E-state index is 10.4. The van der Waals surface area contributed by atoms with Gasteiger partial charge in [0.05, 0.1) is 0 Å². The topological polar surface area (TPSA) is 29.4 Å². The van der Waals surface area contributed by atoms with Gasteiger partial charge in [-0.05, 0) is 13.0 Å². The van der Waals surface area contributed by atoms with Crippen LogP contribution in [-0.2, 0) is 4.79 Å². The molecule has 1 rings (SSSR count). The first-order valence-corrected chi connectivity index (χ1v) is 2.55. The van der Waals surface area contributed by atoms with Gasteiger partial charge in [-0.1, -0.05) is 11.6 Å². The Morgan fingerprint density at radius 3 is 2.50 bits per heavy atom. The van der Waals surface area contributed by atoms with E-state index in [0.29, 0.717) is 5.71 Å². The molecule has 8 heavy (non-hydrogen) atoms. The van der Waals surface area contributed by atoms with Crippen LogP contribution in [0.15, 0.2) is 16.1 Å². The van der Waals surface area contributed by atoms with Crippen molar-refractivity contribution in [2.75, 3.05) is 0 Å². The standard InChI is InChI=1S/C5H4ClNO/c1-3-2-4(6)5(8)7-3/h2H,1H3. The van der Waals surface area contributed by atoms with Gasteiger partial charge in [0.25, 0.3) is 5.91 Å². The number of hydrogen-bond donors (Lipinski definition) is 0. The Morgan fingerprint density at radius 1 is 1.75 bits per heavy atom. The molecule has 0 N–H and O–H groups in total. The third-order valence-electron chi connectivity index (χ3n) is 0.818. The average molecular weight is 130 g/mol. The van der Waals surface area contributed by atoms with E-state index in [1.807, 2.05) is 0 Å². The number of rotatable bonds is 0. The number of hydrogen-bond acceptors (Lipinski definition) is 1. The van der Waals surface area contributed by atoms with Crippen molar-refractivity contribution in [3.8, 4) is 0 Å². The van der Waals surface area contributed by atoms with Crippen molar-refractivity contribution in [1.29, 1.82) is 0 Å². The van der Waals surface area contributed by atoms with E-state index in [1.165, 1.54) is 0 Å². The fourth-order valence-electron chi connectivity index (χ4n) is 0.491. The van der Waals surface area contributed by atoms with Crippen molar-refractivity contribution in [1.82, 2.24) is 0 Å². The second kappa shape index (κ2) is 1.71. The smallest absolute Gasteiger partial charge is 0.266 e. The highest BCUT2D eigenvalue weighted by Gasteiger charge is 2.10. The van der Waals surface area contributed by atoms with Crippen molar-refractivity contribution >= 4 is 23.2 Å². The third-order valence-corrected chi connectivity index (χ3v) is 1.09. The summed E-state index contributed by atoms with van der Waals surface area (Å²) in [4.78, 5) is 13.9. The first-order chi connectivity index (χ1) is 3.70. The highest BCUT2D eigenvalue weighted by atomic mass is 35.5. The van der Waals surface area contributed by atoms with Crippen molar-refractivity contribution < 1.29 is 4.79 Å². The molecule has 0 radical (unpaired) electrons. The zero-order valence-corrected chi connectivity index (χ0v) is 5.07. The van der Waals surface area contributed by atoms with Gasteiger partial charge in [0.15, 0.2) is 0 Å². The molecule has 1 heterocycles. The fourth-order valence-corrected chi connectivity index (χ4v) is 0.691. The molecule has 0 aliphatic carbocycles. The van der Waals surface area contributed by atoms with E-state index < -0.39 is 0 Å². The maximum Gasteiger partial charge on any atom is 0.288 e. The van der Waals surface area contributed by atoms with E-state index in [1.54, 1.807) is 13.0 Å². The maximum atomic E-state index is 10.4. The second-order valence-corrected chi connectivity index (χ2v) is 1.96. The van der Waals surface area contributed by atoms with Gasteiger partial charge in [0.2, 0.25) is 0 Å². The van der Waals surface area contributed by atoms with Crippen LogP contribution >= 0.6 is 11.6 Å². The van der Waals surface area contributed by atoms with Crippen molar-refractivity contribution in [3.05, 3.63) is 11.1 Å². The van der Waals surface area contributed by atoms with E-state index in [4.69, 9.17) is 11.6 Å². The highest BCUT2D eigenvalue weighted by Crippen LogP contribution is 2.10. The van der Waals surface area contributed by atoms with Crippen LogP contribution in [0.3, 0.4) is 0 Å². The second-order valence-electron chi connectivity index (χ2n) is 1.55. The largest absolute Gasteiger partial charge is 0.288 e. The van der Waals surface area contributed by atoms with Crippen molar-refractivity contribution in [2.45, 2.75) is 6.92 Å². The number of halogens is 1. The minimum atomic E-state index is -0.329. The number of nitrogens with zero attached hydrogens (tertiary/aromatic N) is 1. The molecule has 0 fully saturated rings. The van der Waals surface area contributed by atoms with E-state index in [0.717, 1.165) is 0 Å². The lowest BCUT2D eigenvalue weighted by atomic mass is 10.4. The molecule has 0 aromatic heterocycles. The van der Waals surface area contributed by atoms with Gasteiger partial charge in [-0.25, -0.2) is 4.99 Å². The van der Waals surface area contributed by atoms with Gasteiger partial charge >= 0.3 is 0 Å². The van der Waals surface area contributed by atoms with E-state index >= 15 is 0 Å². The molecule has 0 saturated heterocycles. The van der Waals surface area contributed by atoms with E-state index in [9.17, 15) is 4.79 Å². The van der Waals surface area contributed by atoms with Gasteiger partial charge in [-0.3, -0.25) is 4.79 Å². The molecule has 0 aromatic carbocycles. The number of carbonyl (C=O) groups excluding carboxylic acids is 1. The van der Waals surface area contributed by atoms with E-state index in [2.05, 4.69) is 4.99 Å². The minimum Gasteiger partial charge on any atom is -0.266 e. The minimum absolute atomic E-state index is 0.211. The van der Waals surface area contributed by atoms with Gasteiger partial charge in [-0.2, -0.15) is 0 Å². The number of carbonyl (C=O) groups is 1. The molecule has 1 aliphatic rings. The highest BCUT2D eigenvalue weighted by molar-refractivity contribution is 6.46. The lowest BCUT2D eigenvalue weighted by Crippen LogP contribution is -1.84. The summed E-state index contributed by atoms with van der Waals surface area (Å²) in [5.74, 6) is -0.329. The lowest BCUT2D eigenvalue weighted by Gasteiger charge is -1.75. The molecular formula is C5H4ClNO. The summed E-state index contributed by atoms with van der Waals surface area (Å²) in [5, 5.41) is 0.211. The Morgan fingerprint density at radius 2 is 2.38 bits per heavy atom. The lowest BCUT2D eigenvalue weighted by molar-refractivity contribution is -0.113. The van der Waals surface area contributed by atoms with Gasteiger partial charge in [0, 0.05) is 5.71 Å². The predicted molar refractivity (Wildman–Crippen MR) is 32.1 cm³/mol. The first-order valence-electron chi connectivity index (χ1n) is 2.17. The SMILES string of the molecule is CC1=NC(=O)C(Cl)=C1. The Labute approximate surface area is 51.9 Å². The molecule has 2 nitrogen and oxygen atoms in total. The Bertz CT molecular complexity index is 190. The summed E-state index contributed by atoms with van der Waals surface area (Å²) in [6.07, 6.45) is 1.55. The van der Waals surface area contributed by atoms with Crippen LogP contribution < -0.4 is 0 Å². The van der Waals surface area contributed by atoms with Crippen molar-refractivity contribution in [3.63, 3.8) is 0 Å². The molecular weight excluding hydrogens is 126 g/mol. The molecule has 42 valence electrons. The van der Waals surface area contributed by atoms with E-state index in [-0.39, 0.29) is 10.9 Å². The molecule has 0 bridgehead atoms. The third kappa shape index (κ3) is 0.793. The Hall–Kier alpha value is -0.630. The monoisotopic (exact) mass is 129 g/mol. The van der Waals surface area contributed by atoms with Gasteiger partial charge < -0.3 is 0 Å². The Balaban J connectivity index is 2.95. The molecule has 0 aromatic rings. The number of aliphatic imine (C=N–C) groups is 1. The van der Waals surface area contributed by atoms with Crippen LogP contribution in [0.5, 0.6) is 0 Å². The quantitative estimate of drug-likeness (QED) is 0.482. The first kappa shape index (κ1) is 5.51.